The lowest BCUT2D eigenvalue weighted by Gasteiger charge is -2.42. The van der Waals surface area contributed by atoms with Crippen LogP contribution in [0.3, 0.4) is 0 Å². The van der Waals surface area contributed by atoms with Crippen molar-refractivity contribution in [3.63, 3.8) is 0 Å². The van der Waals surface area contributed by atoms with Crippen LogP contribution in [0.1, 0.15) is 77.3 Å². The second kappa shape index (κ2) is 12.1. The van der Waals surface area contributed by atoms with Gasteiger partial charge in [-0.15, -0.1) is 0 Å². The lowest BCUT2D eigenvalue weighted by molar-refractivity contribution is -0.388. The molecule has 0 unspecified atom stereocenters. The topological polar surface area (TPSA) is 78.7 Å². The van der Waals surface area contributed by atoms with Crippen molar-refractivity contribution in [3.05, 3.63) is 63.7 Å². The molecule has 42 heavy (non-hydrogen) atoms. The molecular weight excluding hydrogens is 545 g/mol. The van der Waals surface area contributed by atoms with Gasteiger partial charge in [-0.2, -0.15) is 13.2 Å². The summed E-state index contributed by atoms with van der Waals surface area (Å²) in [6.45, 7) is 11.0. The molecule has 4 rings (SSSR count). The van der Waals surface area contributed by atoms with E-state index in [4.69, 9.17) is 0 Å². The number of nitro groups is 1. The zero-order chi connectivity index (χ0) is 30.9. The van der Waals surface area contributed by atoms with E-state index < -0.39 is 27.8 Å². The van der Waals surface area contributed by atoms with E-state index in [1.165, 1.54) is 17.3 Å². The Hall–Kier alpha value is -3.30. The summed E-state index contributed by atoms with van der Waals surface area (Å²) >= 11 is 0. The van der Waals surface area contributed by atoms with E-state index in [1.54, 1.807) is 0 Å². The first-order valence-electron chi connectivity index (χ1n) is 14.8. The highest BCUT2D eigenvalue weighted by Crippen LogP contribution is 2.39. The highest BCUT2D eigenvalue weighted by molar-refractivity contribution is 5.82. The first kappa shape index (κ1) is 31.6. The maximum Gasteiger partial charge on any atom is 0.423 e. The summed E-state index contributed by atoms with van der Waals surface area (Å²) in [6, 6.07) is 11.8. The minimum Gasteiger partial charge on any atom is -0.382 e. The first-order valence-corrected chi connectivity index (χ1v) is 14.8. The van der Waals surface area contributed by atoms with Gasteiger partial charge in [-0.3, -0.25) is 14.9 Å². The Balaban J connectivity index is 1.26. The minimum atomic E-state index is -4.81. The standard InChI is InChI=1S/C32H43F3N4O3/c1-30(2,3)23-8-13-26(14-9-23)38-18-16-31(4,17-19-38)29(40)37(5)21-22-6-10-24(11-7-22)36-25-12-15-28(39(41)42)27(20-25)32(33,34)35/h8-9,12-15,20,22,24,36H,6-7,10-11,16-19,21H2,1-5H3. The monoisotopic (exact) mass is 588 g/mol. The van der Waals surface area contributed by atoms with E-state index in [0.29, 0.717) is 12.5 Å². The summed E-state index contributed by atoms with van der Waals surface area (Å²) in [5, 5.41) is 14.2. The minimum absolute atomic E-state index is 0.0240. The SMILES string of the molecule is CN(CC1CCC(Nc2ccc([N+](=O)[O-])c(C(F)(F)F)c2)CC1)C(=O)C1(C)CCN(c2ccc(C(C)(C)C)cc2)CC1. The summed E-state index contributed by atoms with van der Waals surface area (Å²) < 4.78 is 40.0. The third kappa shape index (κ3) is 7.36. The van der Waals surface area contributed by atoms with Crippen LogP contribution in [0.2, 0.25) is 0 Å². The Morgan fingerprint density at radius 1 is 1.05 bits per heavy atom. The molecule has 2 aliphatic rings. The van der Waals surface area contributed by atoms with Gasteiger partial charge in [-0.25, -0.2) is 0 Å². The van der Waals surface area contributed by atoms with Crippen LogP contribution in [0.25, 0.3) is 0 Å². The molecule has 1 aliphatic heterocycles. The van der Waals surface area contributed by atoms with Gasteiger partial charge in [0.1, 0.15) is 5.56 Å². The molecule has 0 radical (unpaired) electrons. The average Bonchev–Trinajstić information content (AvgIpc) is 2.93. The molecule has 0 bridgehead atoms. The van der Waals surface area contributed by atoms with Crippen molar-refractivity contribution in [1.29, 1.82) is 0 Å². The van der Waals surface area contributed by atoms with Crippen molar-refractivity contribution in [2.24, 2.45) is 11.3 Å². The zero-order valence-electron chi connectivity index (χ0n) is 25.3. The summed E-state index contributed by atoms with van der Waals surface area (Å²) in [7, 11) is 1.88. The quantitative estimate of drug-likeness (QED) is 0.266. The van der Waals surface area contributed by atoms with E-state index in [1.807, 2.05) is 11.9 Å². The number of rotatable bonds is 7. The molecule has 2 fully saturated rings. The molecule has 1 heterocycles. The van der Waals surface area contributed by atoms with Crippen LogP contribution in [0, 0.1) is 21.4 Å². The molecule has 1 aliphatic carbocycles. The van der Waals surface area contributed by atoms with Gasteiger partial charge in [-0.1, -0.05) is 39.8 Å². The van der Waals surface area contributed by atoms with Crippen LogP contribution in [-0.2, 0) is 16.4 Å². The molecule has 10 heteroatoms. The number of nitrogens with one attached hydrogen (secondary N) is 1. The van der Waals surface area contributed by atoms with Gasteiger partial charge in [0, 0.05) is 55.6 Å². The molecule has 230 valence electrons. The van der Waals surface area contributed by atoms with Crippen LogP contribution in [0.15, 0.2) is 42.5 Å². The number of carbonyl (C=O) groups is 1. The number of benzene rings is 2. The summed E-state index contributed by atoms with van der Waals surface area (Å²) in [5.74, 6) is 0.501. The summed E-state index contributed by atoms with van der Waals surface area (Å²) in [4.78, 5) is 27.8. The van der Waals surface area contributed by atoms with Crippen LogP contribution in [-0.4, -0.2) is 48.5 Å². The molecule has 1 amide bonds. The normalized spacial score (nSPS) is 21.1. The molecule has 0 atom stereocenters. The van der Waals surface area contributed by atoms with Gasteiger partial charge in [0.05, 0.1) is 4.92 Å². The maximum atomic E-state index is 13.5. The predicted molar refractivity (Wildman–Crippen MR) is 160 cm³/mol. The number of alkyl halides is 3. The molecule has 1 N–H and O–H groups in total. The van der Waals surface area contributed by atoms with Crippen molar-refractivity contribution in [3.8, 4) is 0 Å². The van der Waals surface area contributed by atoms with Gasteiger partial charge >= 0.3 is 6.18 Å². The second-order valence-electron chi connectivity index (χ2n) is 13.4. The molecule has 1 saturated carbocycles. The third-order valence-electron chi connectivity index (χ3n) is 9.08. The highest BCUT2D eigenvalue weighted by Gasteiger charge is 2.40. The van der Waals surface area contributed by atoms with Crippen molar-refractivity contribution in [2.75, 3.05) is 36.9 Å². The maximum absolute atomic E-state index is 13.5. The van der Waals surface area contributed by atoms with Crippen LogP contribution in [0.4, 0.5) is 30.2 Å². The molecule has 0 aromatic heterocycles. The number of nitrogens with zero attached hydrogens (tertiary/aromatic N) is 3. The number of halogens is 3. The smallest absolute Gasteiger partial charge is 0.382 e. The fourth-order valence-electron chi connectivity index (χ4n) is 6.31. The Labute approximate surface area is 246 Å². The van der Waals surface area contributed by atoms with Gasteiger partial charge < -0.3 is 15.1 Å². The third-order valence-corrected chi connectivity index (χ3v) is 9.08. The predicted octanol–water partition coefficient (Wildman–Crippen LogP) is 7.65. The Morgan fingerprint density at radius 2 is 1.64 bits per heavy atom. The average molecular weight is 589 g/mol. The number of piperidine rings is 1. The van der Waals surface area contributed by atoms with Crippen molar-refractivity contribution >= 4 is 23.0 Å². The van der Waals surface area contributed by atoms with Crippen LogP contribution in [0.5, 0.6) is 0 Å². The molecule has 2 aromatic rings. The van der Waals surface area contributed by atoms with E-state index in [-0.39, 0.29) is 23.1 Å². The fraction of sp³-hybridized carbons (Fsp3) is 0.594. The Bertz CT molecular complexity index is 1260. The molecule has 2 aromatic carbocycles. The number of hydrogen-bond donors (Lipinski definition) is 1. The first-order chi connectivity index (χ1) is 19.6. The Kier molecular flexibility index (Phi) is 9.14. The van der Waals surface area contributed by atoms with Crippen molar-refractivity contribution in [2.45, 2.75) is 83.9 Å². The Morgan fingerprint density at radius 3 is 2.17 bits per heavy atom. The zero-order valence-corrected chi connectivity index (χ0v) is 25.3. The lowest BCUT2D eigenvalue weighted by atomic mass is 9.78. The second-order valence-corrected chi connectivity index (χ2v) is 13.4. The van der Waals surface area contributed by atoms with E-state index in [9.17, 15) is 28.1 Å². The van der Waals surface area contributed by atoms with Crippen molar-refractivity contribution in [1.82, 2.24) is 4.90 Å². The lowest BCUT2D eigenvalue weighted by Crippen LogP contribution is -2.49. The largest absolute Gasteiger partial charge is 0.423 e. The van der Waals surface area contributed by atoms with Gasteiger partial charge in [-0.05, 0) is 79.7 Å². The number of amides is 1. The number of anilines is 2. The van der Waals surface area contributed by atoms with E-state index >= 15 is 0 Å². The summed E-state index contributed by atoms with van der Waals surface area (Å²) in [6.07, 6.45) is -0.00468. The van der Waals surface area contributed by atoms with Gasteiger partial charge in [0.15, 0.2) is 0 Å². The van der Waals surface area contributed by atoms with Crippen LogP contribution < -0.4 is 10.2 Å². The summed E-state index contributed by atoms with van der Waals surface area (Å²) in [5.41, 5.74) is 0.244. The van der Waals surface area contributed by atoms with E-state index in [0.717, 1.165) is 63.7 Å². The van der Waals surface area contributed by atoms with Gasteiger partial charge in [0.25, 0.3) is 5.69 Å². The van der Waals surface area contributed by atoms with Crippen molar-refractivity contribution < 1.29 is 22.9 Å². The van der Waals surface area contributed by atoms with E-state index in [2.05, 4.69) is 62.2 Å². The molecule has 0 spiro atoms. The molecule has 1 saturated heterocycles. The highest BCUT2D eigenvalue weighted by atomic mass is 19.4. The fourth-order valence-corrected chi connectivity index (χ4v) is 6.31. The van der Waals surface area contributed by atoms with Crippen LogP contribution >= 0.6 is 0 Å². The number of carbonyl (C=O) groups excluding carboxylic acids is 1. The molecule has 7 nitrogen and oxygen atoms in total. The van der Waals surface area contributed by atoms with Gasteiger partial charge in [0.2, 0.25) is 5.91 Å². The molecular formula is C32H43F3N4O3. The number of hydrogen-bond acceptors (Lipinski definition) is 5. The number of nitro benzene ring substituents is 1.